The van der Waals surface area contributed by atoms with Crippen molar-refractivity contribution in [2.24, 2.45) is 5.73 Å². The molecule has 1 amide bonds. The molecule has 1 fully saturated rings. The molecule has 6 heteroatoms. The molecular weight excluding hydrogens is 273 g/mol. The molecule has 0 atom stereocenters. The minimum absolute atomic E-state index is 0.208. The number of piperazine rings is 1. The summed E-state index contributed by atoms with van der Waals surface area (Å²) >= 11 is 0. The second-order valence-electron chi connectivity index (χ2n) is 5.09. The van der Waals surface area contributed by atoms with Crippen LogP contribution in [0.1, 0.15) is 18.1 Å². The predicted molar refractivity (Wildman–Crippen MR) is 78.2 cm³/mol. The Morgan fingerprint density at radius 1 is 1.33 bits per heavy atom. The summed E-state index contributed by atoms with van der Waals surface area (Å²) in [7, 11) is 0. The molecular formula is C15H22FN3O2. The Hall–Kier alpha value is -1.66. The van der Waals surface area contributed by atoms with Crippen molar-refractivity contribution in [3.8, 4) is 0 Å². The van der Waals surface area contributed by atoms with Gasteiger partial charge in [-0.1, -0.05) is 12.1 Å². The highest BCUT2D eigenvalue weighted by Crippen LogP contribution is 2.15. The summed E-state index contributed by atoms with van der Waals surface area (Å²) in [5.74, 6) is -0.208. The van der Waals surface area contributed by atoms with Gasteiger partial charge in [0.15, 0.2) is 0 Å². The van der Waals surface area contributed by atoms with Crippen molar-refractivity contribution in [1.82, 2.24) is 9.80 Å². The van der Waals surface area contributed by atoms with E-state index in [9.17, 15) is 9.18 Å². The zero-order valence-electron chi connectivity index (χ0n) is 12.3. The lowest BCUT2D eigenvalue weighted by molar-refractivity contribution is 0.0775. The van der Waals surface area contributed by atoms with Gasteiger partial charge in [-0.2, -0.15) is 0 Å². The summed E-state index contributed by atoms with van der Waals surface area (Å²) in [4.78, 5) is 15.4. The summed E-state index contributed by atoms with van der Waals surface area (Å²) in [6.45, 7) is 5.77. The van der Waals surface area contributed by atoms with Gasteiger partial charge in [0.1, 0.15) is 5.82 Å². The number of ether oxygens (including phenoxy) is 1. The van der Waals surface area contributed by atoms with E-state index in [1.807, 2.05) is 6.07 Å². The molecule has 21 heavy (non-hydrogen) atoms. The van der Waals surface area contributed by atoms with Crippen LogP contribution in [0.5, 0.6) is 0 Å². The first kappa shape index (κ1) is 15.7. The lowest BCUT2D eigenvalue weighted by Gasteiger charge is -2.34. The SMILES string of the molecule is CCOC(=O)N1CCN(Cc2cc(CN)ccc2F)CC1. The molecule has 0 radical (unpaired) electrons. The number of halogens is 1. The summed E-state index contributed by atoms with van der Waals surface area (Å²) in [5, 5.41) is 0. The molecule has 1 aromatic rings. The number of carbonyl (C=O) groups excluding carboxylic acids is 1. The summed E-state index contributed by atoms with van der Waals surface area (Å²) in [5.41, 5.74) is 7.17. The number of carbonyl (C=O) groups is 1. The lowest BCUT2D eigenvalue weighted by atomic mass is 10.1. The first-order chi connectivity index (χ1) is 10.1. The average Bonchev–Trinajstić information content (AvgIpc) is 2.50. The van der Waals surface area contributed by atoms with Gasteiger partial charge in [-0.15, -0.1) is 0 Å². The molecule has 0 spiro atoms. The molecule has 2 N–H and O–H groups in total. The third kappa shape index (κ3) is 4.15. The highest BCUT2D eigenvalue weighted by atomic mass is 19.1. The molecule has 1 aliphatic rings. The molecule has 0 bridgehead atoms. The van der Waals surface area contributed by atoms with Crippen molar-refractivity contribution in [2.75, 3.05) is 32.8 Å². The zero-order valence-corrected chi connectivity index (χ0v) is 12.3. The Morgan fingerprint density at radius 2 is 2.05 bits per heavy atom. The van der Waals surface area contributed by atoms with Gasteiger partial charge in [0.2, 0.25) is 0 Å². The Morgan fingerprint density at radius 3 is 2.67 bits per heavy atom. The normalized spacial score (nSPS) is 16.0. The second kappa shape index (κ2) is 7.38. The standard InChI is InChI=1S/C15H22FN3O2/c1-2-21-15(20)19-7-5-18(6-8-19)11-13-9-12(10-17)3-4-14(13)16/h3-4,9H,2,5-8,10-11,17H2,1H3. The first-order valence-electron chi connectivity index (χ1n) is 7.25. The molecule has 1 saturated heterocycles. The molecule has 2 rings (SSSR count). The maximum atomic E-state index is 13.8. The molecule has 5 nitrogen and oxygen atoms in total. The number of benzene rings is 1. The first-order valence-corrected chi connectivity index (χ1v) is 7.25. The minimum Gasteiger partial charge on any atom is -0.450 e. The monoisotopic (exact) mass is 295 g/mol. The van der Waals surface area contributed by atoms with E-state index in [1.54, 1.807) is 17.9 Å². The predicted octanol–water partition coefficient (Wildman–Crippen LogP) is 1.56. The second-order valence-corrected chi connectivity index (χ2v) is 5.09. The van der Waals surface area contributed by atoms with Crippen LogP contribution in [0.15, 0.2) is 18.2 Å². The van der Waals surface area contributed by atoms with Crippen LogP contribution >= 0.6 is 0 Å². The van der Waals surface area contributed by atoms with Crippen LogP contribution in [0.4, 0.5) is 9.18 Å². The smallest absolute Gasteiger partial charge is 0.409 e. The molecule has 0 saturated carbocycles. The summed E-state index contributed by atoms with van der Waals surface area (Å²) in [6, 6.07) is 4.98. The maximum Gasteiger partial charge on any atom is 0.409 e. The average molecular weight is 295 g/mol. The van der Waals surface area contributed by atoms with E-state index in [-0.39, 0.29) is 11.9 Å². The number of rotatable bonds is 4. The number of amides is 1. The van der Waals surface area contributed by atoms with Gasteiger partial charge in [0.05, 0.1) is 6.61 Å². The fourth-order valence-electron chi connectivity index (χ4n) is 2.42. The van der Waals surface area contributed by atoms with Gasteiger partial charge in [-0.05, 0) is 18.6 Å². The van der Waals surface area contributed by atoms with Gasteiger partial charge >= 0.3 is 6.09 Å². The van der Waals surface area contributed by atoms with Crippen LogP contribution in [0.25, 0.3) is 0 Å². The van der Waals surface area contributed by atoms with Crippen molar-refractivity contribution in [3.63, 3.8) is 0 Å². The van der Waals surface area contributed by atoms with Gasteiger partial charge < -0.3 is 15.4 Å². The zero-order chi connectivity index (χ0) is 15.2. The van der Waals surface area contributed by atoms with E-state index in [2.05, 4.69) is 4.90 Å². The Balaban J connectivity index is 1.90. The topological polar surface area (TPSA) is 58.8 Å². The molecule has 1 heterocycles. The number of hydrogen-bond donors (Lipinski definition) is 1. The third-order valence-corrected chi connectivity index (χ3v) is 3.64. The van der Waals surface area contributed by atoms with Crippen LogP contribution < -0.4 is 5.73 Å². The van der Waals surface area contributed by atoms with E-state index in [0.29, 0.717) is 51.4 Å². The molecule has 0 aliphatic carbocycles. The van der Waals surface area contributed by atoms with Crippen LogP contribution in [-0.4, -0.2) is 48.7 Å². The van der Waals surface area contributed by atoms with Crippen LogP contribution in [0.3, 0.4) is 0 Å². The highest BCUT2D eigenvalue weighted by molar-refractivity contribution is 5.67. The van der Waals surface area contributed by atoms with Gasteiger partial charge in [0.25, 0.3) is 0 Å². The van der Waals surface area contributed by atoms with Crippen molar-refractivity contribution in [2.45, 2.75) is 20.0 Å². The van der Waals surface area contributed by atoms with E-state index in [0.717, 1.165) is 5.56 Å². The largest absolute Gasteiger partial charge is 0.450 e. The van der Waals surface area contributed by atoms with Gasteiger partial charge in [0, 0.05) is 44.8 Å². The van der Waals surface area contributed by atoms with Crippen LogP contribution in [0.2, 0.25) is 0 Å². The van der Waals surface area contributed by atoms with E-state index >= 15 is 0 Å². The number of hydrogen-bond acceptors (Lipinski definition) is 4. The molecule has 0 aromatic heterocycles. The fraction of sp³-hybridized carbons (Fsp3) is 0.533. The number of nitrogens with zero attached hydrogens (tertiary/aromatic N) is 2. The minimum atomic E-state index is -0.270. The van der Waals surface area contributed by atoms with Crippen molar-refractivity contribution in [3.05, 3.63) is 35.1 Å². The van der Waals surface area contributed by atoms with Crippen LogP contribution in [-0.2, 0) is 17.8 Å². The third-order valence-electron chi connectivity index (χ3n) is 3.64. The quantitative estimate of drug-likeness (QED) is 0.916. The van der Waals surface area contributed by atoms with Gasteiger partial charge in [-0.3, -0.25) is 4.90 Å². The number of nitrogens with two attached hydrogens (primary N) is 1. The van der Waals surface area contributed by atoms with Crippen molar-refractivity contribution < 1.29 is 13.9 Å². The Labute approximate surface area is 124 Å². The molecule has 116 valence electrons. The van der Waals surface area contributed by atoms with Crippen LogP contribution in [0, 0.1) is 5.82 Å². The summed E-state index contributed by atoms with van der Waals surface area (Å²) < 4.78 is 18.8. The maximum absolute atomic E-state index is 13.8. The van der Waals surface area contributed by atoms with E-state index in [1.165, 1.54) is 6.07 Å². The lowest BCUT2D eigenvalue weighted by Crippen LogP contribution is -2.48. The molecule has 1 aliphatic heterocycles. The van der Waals surface area contributed by atoms with E-state index in [4.69, 9.17) is 10.5 Å². The van der Waals surface area contributed by atoms with Crippen molar-refractivity contribution >= 4 is 6.09 Å². The highest BCUT2D eigenvalue weighted by Gasteiger charge is 2.22. The Kier molecular flexibility index (Phi) is 5.52. The Bertz CT molecular complexity index is 488. The fourth-order valence-corrected chi connectivity index (χ4v) is 2.42. The van der Waals surface area contributed by atoms with Crippen molar-refractivity contribution in [1.29, 1.82) is 0 Å². The summed E-state index contributed by atoms with van der Waals surface area (Å²) in [6.07, 6.45) is -0.270. The van der Waals surface area contributed by atoms with Gasteiger partial charge in [-0.25, -0.2) is 9.18 Å². The van der Waals surface area contributed by atoms with E-state index < -0.39 is 0 Å². The molecule has 1 aromatic carbocycles. The molecule has 0 unspecified atom stereocenters.